The fraction of sp³-hybridized carbons (Fsp3) is 0.550. The Morgan fingerprint density at radius 1 is 1.26 bits per heavy atom. The Morgan fingerprint density at radius 2 is 1.96 bits per heavy atom. The van der Waals surface area contributed by atoms with Gasteiger partial charge in [-0.15, -0.1) is 10.2 Å². The van der Waals surface area contributed by atoms with Crippen LogP contribution in [0.15, 0.2) is 29.4 Å². The van der Waals surface area contributed by atoms with Crippen LogP contribution < -0.4 is 10.1 Å². The highest BCUT2D eigenvalue weighted by Gasteiger charge is 2.22. The van der Waals surface area contributed by atoms with Crippen molar-refractivity contribution in [2.75, 3.05) is 7.11 Å². The van der Waals surface area contributed by atoms with E-state index in [1.54, 1.807) is 7.11 Å². The maximum absolute atomic E-state index is 12.5. The average Bonchev–Trinajstić information content (AvgIpc) is 3.03. The van der Waals surface area contributed by atoms with Crippen LogP contribution in [0.3, 0.4) is 0 Å². The Labute approximate surface area is 165 Å². The summed E-state index contributed by atoms with van der Waals surface area (Å²) >= 11 is 1.46. The van der Waals surface area contributed by atoms with E-state index in [-0.39, 0.29) is 11.2 Å². The average molecular weight is 389 g/mol. The minimum Gasteiger partial charge on any atom is -0.497 e. The van der Waals surface area contributed by atoms with Crippen molar-refractivity contribution in [2.24, 2.45) is 7.05 Å². The van der Waals surface area contributed by atoms with Crippen molar-refractivity contribution in [3.63, 3.8) is 0 Å². The molecule has 1 aliphatic carbocycles. The first-order valence-corrected chi connectivity index (χ1v) is 10.4. The predicted octanol–water partition coefficient (Wildman–Crippen LogP) is 3.34. The number of carbonyl (C=O) groups is 1. The van der Waals surface area contributed by atoms with Crippen LogP contribution in [0.25, 0.3) is 0 Å². The van der Waals surface area contributed by atoms with Gasteiger partial charge in [0.1, 0.15) is 11.6 Å². The standard InChI is InChI=1S/C20H28N4O2S/c1-14(19(25)21-16-7-5-4-6-8-16)27-20-23-22-18(24(20)2)13-15-9-11-17(26-3)12-10-15/h9-12,14,16H,4-8,13H2,1-3H3,(H,21,25)/t14-/m1/s1. The second-order valence-electron chi connectivity index (χ2n) is 7.09. The van der Waals surface area contributed by atoms with Crippen molar-refractivity contribution in [1.29, 1.82) is 0 Å². The molecule has 1 heterocycles. The summed E-state index contributed by atoms with van der Waals surface area (Å²) in [7, 11) is 3.61. The van der Waals surface area contributed by atoms with E-state index in [9.17, 15) is 4.79 Å². The van der Waals surface area contributed by atoms with E-state index in [1.165, 1.54) is 31.0 Å². The molecule has 1 N–H and O–H groups in total. The second kappa shape index (κ2) is 9.26. The molecule has 146 valence electrons. The summed E-state index contributed by atoms with van der Waals surface area (Å²) in [6.45, 7) is 1.93. The van der Waals surface area contributed by atoms with Crippen LogP contribution >= 0.6 is 11.8 Å². The summed E-state index contributed by atoms with van der Waals surface area (Å²) in [4.78, 5) is 12.5. The lowest BCUT2D eigenvalue weighted by atomic mass is 9.95. The molecule has 0 bridgehead atoms. The fourth-order valence-corrected chi connectivity index (χ4v) is 4.15. The fourth-order valence-electron chi connectivity index (χ4n) is 3.30. The summed E-state index contributed by atoms with van der Waals surface area (Å²) in [5.74, 6) is 1.81. The first-order valence-electron chi connectivity index (χ1n) is 9.55. The zero-order chi connectivity index (χ0) is 19.2. The van der Waals surface area contributed by atoms with Gasteiger partial charge in [0.25, 0.3) is 0 Å². The Kier molecular flexibility index (Phi) is 6.77. The molecule has 6 nitrogen and oxygen atoms in total. The van der Waals surface area contributed by atoms with Crippen LogP contribution in [0.1, 0.15) is 50.4 Å². The quantitative estimate of drug-likeness (QED) is 0.737. The van der Waals surface area contributed by atoms with E-state index in [4.69, 9.17) is 4.74 Å². The van der Waals surface area contributed by atoms with Gasteiger partial charge in [0.15, 0.2) is 5.16 Å². The molecule has 0 spiro atoms. The van der Waals surface area contributed by atoms with Crippen molar-refractivity contribution >= 4 is 17.7 Å². The van der Waals surface area contributed by atoms with Gasteiger partial charge in [-0.1, -0.05) is 43.2 Å². The zero-order valence-electron chi connectivity index (χ0n) is 16.3. The molecule has 1 atom stereocenters. The Hall–Kier alpha value is -2.02. The number of aromatic nitrogens is 3. The van der Waals surface area contributed by atoms with E-state index in [2.05, 4.69) is 15.5 Å². The van der Waals surface area contributed by atoms with Gasteiger partial charge in [0, 0.05) is 19.5 Å². The van der Waals surface area contributed by atoms with E-state index >= 15 is 0 Å². The van der Waals surface area contributed by atoms with Crippen molar-refractivity contribution < 1.29 is 9.53 Å². The van der Waals surface area contributed by atoms with E-state index in [1.807, 2.05) is 42.8 Å². The van der Waals surface area contributed by atoms with Crippen LogP contribution in [-0.4, -0.2) is 39.1 Å². The maximum atomic E-state index is 12.5. The number of ether oxygens (including phenoxy) is 1. The number of rotatable bonds is 7. The van der Waals surface area contributed by atoms with Gasteiger partial charge >= 0.3 is 0 Å². The molecule has 0 unspecified atom stereocenters. The van der Waals surface area contributed by atoms with Gasteiger partial charge in [0.05, 0.1) is 12.4 Å². The van der Waals surface area contributed by atoms with Crippen molar-refractivity contribution in [3.05, 3.63) is 35.7 Å². The number of amides is 1. The highest BCUT2D eigenvalue weighted by molar-refractivity contribution is 8.00. The summed E-state index contributed by atoms with van der Waals surface area (Å²) in [5, 5.41) is 12.4. The number of hydrogen-bond acceptors (Lipinski definition) is 5. The molecule has 1 amide bonds. The smallest absolute Gasteiger partial charge is 0.233 e. The molecule has 1 aromatic heterocycles. The third-order valence-electron chi connectivity index (χ3n) is 5.05. The summed E-state index contributed by atoms with van der Waals surface area (Å²) in [5.41, 5.74) is 1.14. The molecule has 0 aliphatic heterocycles. The summed E-state index contributed by atoms with van der Waals surface area (Å²) in [6.07, 6.45) is 6.59. The van der Waals surface area contributed by atoms with Crippen molar-refractivity contribution in [2.45, 2.75) is 61.9 Å². The molecule has 7 heteroatoms. The first-order chi connectivity index (χ1) is 13.1. The molecular formula is C20H28N4O2S. The van der Waals surface area contributed by atoms with Crippen molar-refractivity contribution in [1.82, 2.24) is 20.1 Å². The Morgan fingerprint density at radius 3 is 2.63 bits per heavy atom. The topological polar surface area (TPSA) is 69.0 Å². The van der Waals surface area contributed by atoms with Crippen molar-refractivity contribution in [3.8, 4) is 5.75 Å². The van der Waals surface area contributed by atoms with Gasteiger partial charge < -0.3 is 14.6 Å². The summed E-state index contributed by atoms with van der Waals surface area (Å²) < 4.78 is 7.16. The van der Waals surface area contributed by atoms with Gasteiger partial charge in [0.2, 0.25) is 5.91 Å². The molecule has 1 fully saturated rings. The number of hydrogen-bond donors (Lipinski definition) is 1. The lowest BCUT2D eigenvalue weighted by Gasteiger charge is -2.24. The SMILES string of the molecule is COc1ccc(Cc2nnc(S[C@H](C)C(=O)NC3CCCCC3)n2C)cc1. The monoisotopic (exact) mass is 388 g/mol. The van der Waals surface area contributed by atoms with E-state index in [0.717, 1.165) is 35.1 Å². The Balaban J connectivity index is 1.57. The minimum atomic E-state index is -0.191. The first kappa shape index (κ1) is 19.7. The predicted molar refractivity (Wildman–Crippen MR) is 107 cm³/mol. The Bertz CT molecular complexity index is 754. The maximum Gasteiger partial charge on any atom is 0.233 e. The number of thioether (sulfide) groups is 1. The van der Waals surface area contributed by atoms with Crippen LogP contribution in [0.5, 0.6) is 5.75 Å². The lowest BCUT2D eigenvalue weighted by molar-refractivity contribution is -0.121. The number of nitrogens with zero attached hydrogens (tertiary/aromatic N) is 3. The largest absolute Gasteiger partial charge is 0.497 e. The molecule has 1 saturated carbocycles. The van der Waals surface area contributed by atoms with Gasteiger partial charge in [-0.05, 0) is 37.5 Å². The molecule has 0 radical (unpaired) electrons. The lowest BCUT2D eigenvalue weighted by Crippen LogP contribution is -2.40. The number of nitrogens with one attached hydrogen (secondary N) is 1. The van der Waals surface area contributed by atoms with E-state index < -0.39 is 0 Å². The third-order valence-corrected chi connectivity index (χ3v) is 6.18. The minimum absolute atomic E-state index is 0.0894. The molecule has 1 aliphatic rings. The molecular weight excluding hydrogens is 360 g/mol. The molecule has 1 aromatic carbocycles. The molecule has 3 rings (SSSR count). The number of benzene rings is 1. The van der Waals surface area contributed by atoms with Gasteiger partial charge in [-0.3, -0.25) is 4.79 Å². The second-order valence-corrected chi connectivity index (χ2v) is 8.39. The number of carbonyl (C=O) groups excluding carboxylic acids is 1. The highest BCUT2D eigenvalue weighted by atomic mass is 32.2. The normalized spacial score (nSPS) is 16.1. The number of methoxy groups -OCH3 is 1. The van der Waals surface area contributed by atoms with E-state index in [0.29, 0.717) is 12.5 Å². The molecule has 2 aromatic rings. The zero-order valence-corrected chi connectivity index (χ0v) is 17.1. The molecule has 27 heavy (non-hydrogen) atoms. The highest BCUT2D eigenvalue weighted by Crippen LogP contribution is 2.24. The van der Waals surface area contributed by atoms with Crippen LogP contribution in [-0.2, 0) is 18.3 Å². The van der Waals surface area contributed by atoms with Crippen LogP contribution in [0, 0.1) is 0 Å². The van der Waals surface area contributed by atoms with Gasteiger partial charge in [-0.25, -0.2) is 0 Å². The molecule has 0 saturated heterocycles. The van der Waals surface area contributed by atoms with Crippen LogP contribution in [0.2, 0.25) is 0 Å². The van der Waals surface area contributed by atoms with Gasteiger partial charge in [-0.2, -0.15) is 0 Å². The third kappa shape index (κ3) is 5.25. The van der Waals surface area contributed by atoms with Crippen LogP contribution in [0.4, 0.5) is 0 Å². The summed E-state index contributed by atoms with van der Waals surface area (Å²) in [6, 6.07) is 8.28.